The van der Waals surface area contributed by atoms with Crippen LogP contribution in [0.2, 0.25) is 0 Å². The lowest BCUT2D eigenvalue weighted by Gasteiger charge is -2.52. The van der Waals surface area contributed by atoms with Crippen LogP contribution in [0.15, 0.2) is 24.3 Å². The first-order valence-electron chi connectivity index (χ1n) is 10.7. The SMILES string of the molecule is CC(=O)N[C@]1(C)C[C@H](c2ccc(N3CCCC3)cc2)O[C@@H]2C[C@H](C)CC[C@H]21. The molecule has 2 saturated heterocycles. The quantitative estimate of drug-likeness (QED) is 0.855. The van der Waals surface area contributed by atoms with Crippen molar-refractivity contribution in [1.82, 2.24) is 5.32 Å². The zero-order valence-corrected chi connectivity index (χ0v) is 17.0. The Morgan fingerprint density at radius 1 is 1.19 bits per heavy atom. The molecule has 27 heavy (non-hydrogen) atoms. The van der Waals surface area contributed by atoms with E-state index in [4.69, 9.17) is 4.74 Å². The van der Waals surface area contributed by atoms with Crippen LogP contribution in [0.1, 0.15) is 71.0 Å². The molecule has 3 aliphatic rings. The molecule has 4 heteroatoms. The van der Waals surface area contributed by atoms with Gasteiger partial charge < -0.3 is 15.0 Å². The summed E-state index contributed by atoms with van der Waals surface area (Å²) in [5.41, 5.74) is 2.37. The summed E-state index contributed by atoms with van der Waals surface area (Å²) in [6.07, 6.45) is 7.21. The smallest absolute Gasteiger partial charge is 0.217 e. The highest BCUT2D eigenvalue weighted by Gasteiger charge is 2.49. The fourth-order valence-electron chi connectivity index (χ4n) is 5.62. The average molecular weight is 371 g/mol. The molecular weight excluding hydrogens is 336 g/mol. The maximum atomic E-state index is 11.9. The number of rotatable bonds is 3. The number of nitrogens with one attached hydrogen (secondary N) is 1. The van der Waals surface area contributed by atoms with Crippen LogP contribution >= 0.6 is 0 Å². The van der Waals surface area contributed by atoms with Gasteiger partial charge in [-0.05, 0) is 56.2 Å². The van der Waals surface area contributed by atoms with Crippen molar-refractivity contribution in [2.45, 2.75) is 77.0 Å². The van der Waals surface area contributed by atoms with Crippen molar-refractivity contribution in [3.05, 3.63) is 29.8 Å². The van der Waals surface area contributed by atoms with Crippen molar-refractivity contribution >= 4 is 11.6 Å². The number of ether oxygens (including phenoxy) is 1. The van der Waals surface area contributed by atoms with Gasteiger partial charge in [0.15, 0.2) is 0 Å². The van der Waals surface area contributed by atoms with Crippen molar-refractivity contribution in [2.24, 2.45) is 11.8 Å². The number of anilines is 1. The molecule has 2 aliphatic heterocycles. The minimum Gasteiger partial charge on any atom is -0.372 e. The number of nitrogens with zero attached hydrogens (tertiary/aromatic N) is 1. The highest BCUT2D eigenvalue weighted by Crippen LogP contribution is 2.48. The summed E-state index contributed by atoms with van der Waals surface area (Å²) >= 11 is 0. The zero-order valence-electron chi connectivity index (χ0n) is 17.0. The van der Waals surface area contributed by atoms with Crippen LogP contribution in [-0.4, -0.2) is 30.6 Å². The van der Waals surface area contributed by atoms with Gasteiger partial charge in [-0.3, -0.25) is 4.79 Å². The van der Waals surface area contributed by atoms with Gasteiger partial charge in [-0.1, -0.05) is 25.5 Å². The van der Waals surface area contributed by atoms with Crippen molar-refractivity contribution in [2.75, 3.05) is 18.0 Å². The third-order valence-electron chi connectivity index (χ3n) is 7.02. The predicted octanol–water partition coefficient (Wildman–Crippen LogP) is 4.45. The molecule has 0 radical (unpaired) electrons. The van der Waals surface area contributed by atoms with Gasteiger partial charge >= 0.3 is 0 Å². The molecule has 0 unspecified atom stereocenters. The summed E-state index contributed by atoms with van der Waals surface area (Å²) < 4.78 is 6.62. The molecule has 1 amide bonds. The first kappa shape index (κ1) is 18.8. The van der Waals surface area contributed by atoms with E-state index in [2.05, 4.69) is 48.3 Å². The number of fused-ring (bicyclic) bond motifs is 1. The Kier molecular flexibility index (Phi) is 5.19. The maximum Gasteiger partial charge on any atom is 0.217 e. The van der Waals surface area contributed by atoms with Gasteiger partial charge in [0.25, 0.3) is 0 Å². The second-order valence-electron chi connectivity index (χ2n) is 9.28. The van der Waals surface area contributed by atoms with Gasteiger partial charge in [0.05, 0.1) is 12.2 Å². The molecule has 148 valence electrons. The normalized spacial score (nSPS) is 36.3. The summed E-state index contributed by atoms with van der Waals surface area (Å²) in [6, 6.07) is 8.96. The summed E-state index contributed by atoms with van der Waals surface area (Å²) in [5.74, 6) is 1.18. The monoisotopic (exact) mass is 370 g/mol. The lowest BCUT2D eigenvalue weighted by atomic mass is 9.66. The first-order chi connectivity index (χ1) is 12.9. The van der Waals surface area contributed by atoms with Gasteiger partial charge in [-0.15, -0.1) is 0 Å². The Morgan fingerprint density at radius 3 is 2.56 bits per heavy atom. The van der Waals surface area contributed by atoms with E-state index in [0.717, 1.165) is 19.3 Å². The van der Waals surface area contributed by atoms with E-state index >= 15 is 0 Å². The van der Waals surface area contributed by atoms with Crippen molar-refractivity contribution in [3.63, 3.8) is 0 Å². The molecule has 1 N–H and O–H groups in total. The van der Waals surface area contributed by atoms with Crippen molar-refractivity contribution in [3.8, 4) is 0 Å². The van der Waals surface area contributed by atoms with Gasteiger partial charge in [-0.25, -0.2) is 0 Å². The van der Waals surface area contributed by atoms with Crippen LogP contribution in [0.3, 0.4) is 0 Å². The topological polar surface area (TPSA) is 41.6 Å². The molecule has 4 rings (SSSR count). The van der Waals surface area contributed by atoms with E-state index in [1.807, 2.05) is 0 Å². The zero-order chi connectivity index (χ0) is 19.0. The van der Waals surface area contributed by atoms with Crippen LogP contribution in [0.5, 0.6) is 0 Å². The molecule has 0 bridgehead atoms. The lowest BCUT2D eigenvalue weighted by molar-refractivity contribution is -0.153. The third-order valence-corrected chi connectivity index (χ3v) is 7.02. The number of hydrogen-bond donors (Lipinski definition) is 1. The van der Waals surface area contributed by atoms with Crippen molar-refractivity contribution < 1.29 is 9.53 Å². The number of hydrogen-bond acceptors (Lipinski definition) is 3. The van der Waals surface area contributed by atoms with E-state index in [1.165, 1.54) is 43.6 Å². The second-order valence-corrected chi connectivity index (χ2v) is 9.28. The number of carbonyl (C=O) groups is 1. The van der Waals surface area contributed by atoms with Crippen LogP contribution in [-0.2, 0) is 9.53 Å². The standard InChI is InChI=1S/C23H34N2O2/c1-16-6-11-20-21(14-16)27-22(15-23(20,3)24-17(2)26)18-7-9-19(10-8-18)25-12-4-5-13-25/h7-10,16,20-22H,4-6,11-15H2,1-3H3,(H,24,26)/t16-,20-,21-,22-,23-/m1/s1. The van der Waals surface area contributed by atoms with E-state index in [-0.39, 0.29) is 23.7 Å². The van der Waals surface area contributed by atoms with Crippen LogP contribution < -0.4 is 10.2 Å². The second kappa shape index (κ2) is 7.46. The summed E-state index contributed by atoms with van der Waals surface area (Å²) in [6.45, 7) is 8.53. The molecule has 1 aromatic rings. The van der Waals surface area contributed by atoms with Gasteiger partial charge in [-0.2, -0.15) is 0 Å². The molecule has 0 spiro atoms. The Balaban J connectivity index is 1.55. The lowest BCUT2D eigenvalue weighted by Crippen LogP contribution is -2.60. The highest BCUT2D eigenvalue weighted by atomic mass is 16.5. The molecule has 3 fully saturated rings. The Hall–Kier alpha value is -1.55. The number of carbonyl (C=O) groups excluding carboxylic acids is 1. The van der Waals surface area contributed by atoms with Gasteiger partial charge in [0.1, 0.15) is 0 Å². The van der Waals surface area contributed by atoms with Crippen molar-refractivity contribution in [1.29, 1.82) is 0 Å². The Labute approximate surface area is 163 Å². The first-order valence-corrected chi connectivity index (χ1v) is 10.7. The molecule has 1 saturated carbocycles. The molecular formula is C23H34N2O2. The molecule has 1 aliphatic carbocycles. The van der Waals surface area contributed by atoms with Crippen LogP contribution in [0.25, 0.3) is 0 Å². The fraction of sp³-hybridized carbons (Fsp3) is 0.696. The molecule has 2 heterocycles. The molecule has 5 atom stereocenters. The minimum atomic E-state index is -0.187. The average Bonchev–Trinajstić information content (AvgIpc) is 3.15. The van der Waals surface area contributed by atoms with Gasteiger partial charge in [0, 0.05) is 43.6 Å². The number of benzene rings is 1. The highest BCUT2D eigenvalue weighted by molar-refractivity contribution is 5.73. The molecule has 1 aromatic carbocycles. The van der Waals surface area contributed by atoms with Crippen LogP contribution in [0.4, 0.5) is 5.69 Å². The molecule has 4 nitrogen and oxygen atoms in total. The maximum absolute atomic E-state index is 11.9. The third kappa shape index (κ3) is 3.87. The van der Waals surface area contributed by atoms with E-state index in [9.17, 15) is 4.79 Å². The van der Waals surface area contributed by atoms with E-state index in [1.54, 1.807) is 6.92 Å². The Morgan fingerprint density at radius 2 is 1.89 bits per heavy atom. The van der Waals surface area contributed by atoms with E-state index in [0.29, 0.717) is 11.8 Å². The predicted molar refractivity (Wildman–Crippen MR) is 109 cm³/mol. The fourth-order valence-corrected chi connectivity index (χ4v) is 5.62. The minimum absolute atomic E-state index is 0.0565. The number of amides is 1. The molecule has 0 aromatic heterocycles. The summed E-state index contributed by atoms with van der Waals surface area (Å²) in [4.78, 5) is 14.4. The Bertz CT molecular complexity index is 667. The largest absolute Gasteiger partial charge is 0.372 e. The van der Waals surface area contributed by atoms with E-state index < -0.39 is 0 Å². The van der Waals surface area contributed by atoms with Crippen LogP contribution in [0, 0.1) is 11.8 Å². The summed E-state index contributed by atoms with van der Waals surface area (Å²) in [5, 5.41) is 3.30. The summed E-state index contributed by atoms with van der Waals surface area (Å²) in [7, 11) is 0. The van der Waals surface area contributed by atoms with Gasteiger partial charge in [0.2, 0.25) is 5.91 Å².